The van der Waals surface area contributed by atoms with Crippen LogP contribution in [0.15, 0.2) is 0 Å². The molecule has 0 aliphatic carbocycles. The molecule has 0 saturated carbocycles. The van der Waals surface area contributed by atoms with Crippen LogP contribution in [0.4, 0.5) is 0 Å². The Bertz CT molecular complexity index is 223. The maximum absolute atomic E-state index is 11.4. The van der Waals surface area contributed by atoms with Crippen molar-refractivity contribution in [3.63, 3.8) is 0 Å². The lowest BCUT2D eigenvalue weighted by Gasteiger charge is -2.33. The number of carbonyl (C=O) groups is 1. The SMILES string of the molecule is CCOC(CN)CCN1CCNC(=O)C1C. The number of hydrogen-bond donors (Lipinski definition) is 2. The summed E-state index contributed by atoms with van der Waals surface area (Å²) >= 11 is 0. The first-order valence-corrected chi connectivity index (χ1v) is 6.02. The standard InChI is InChI=1S/C11H23N3O2/c1-3-16-10(8-12)4-6-14-7-5-13-11(15)9(14)2/h9-10H,3-8,12H2,1-2H3,(H,13,15). The molecule has 1 aliphatic heterocycles. The lowest BCUT2D eigenvalue weighted by atomic mass is 10.1. The second-order valence-corrected chi connectivity index (χ2v) is 4.10. The molecule has 1 amide bonds. The third-order valence-electron chi connectivity index (χ3n) is 3.03. The highest BCUT2D eigenvalue weighted by Gasteiger charge is 2.25. The predicted molar refractivity (Wildman–Crippen MR) is 63.1 cm³/mol. The molecule has 2 atom stereocenters. The van der Waals surface area contributed by atoms with E-state index in [1.165, 1.54) is 0 Å². The highest BCUT2D eigenvalue weighted by Crippen LogP contribution is 2.07. The molecule has 1 aliphatic rings. The average Bonchev–Trinajstić information content (AvgIpc) is 2.29. The number of amides is 1. The van der Waals surface area contributed by atoms with Gasteiger partial charge in [0.1, 0.15) is 0 Å². The third-order valence-corrected chi connectivity index (χ3v) is 3.03. The molecular weight excluding hydrogens is 206 g/mol. The van der Waals surface area contributed by atoms with Crippen LogP contribution < -0.4 is 11.1 Å². The van der Waals surface area contributed by atoms with Gasteiger partial charge >= 0.3 is 0 Å². The van der Waals surface area contributed by atoms with Gasteiger partial charge in [-0.05, 0) is 20.3 Å². The first-order valence-electron chi connectivity index (χ1n) is 6.02. The Morgan fingerprint density at radius 2 is 2.44 bits per heavy atom. The smallest absolute Gasteiger partial charge is 0.237 e. The molecule has 5 nitrogen and oxygen atoms in total. The minimum absolute atomic E-state index is 0.0335. The average molecular weight is 229 g/mol. The Hall–Kier alpha value is -0.650. The van der Waals surface area contributed by atoms with Crippen molar-refractivity contribution in [2.24, 2.45) is 5.73 Å². The van der Waals surface area contributed by atoms with E-state index in [0.29, 0.717) is 13.2 Å². The van der Waals surface area contributed by atoms with Crippen LogP contribution in [0.5, 0.6) is 0 Å². The number of nitrogens with one attached hydrogen (secondary N) is 1. The topological polar surface area (TPSA) is 67.6 Å². The van der Waals surface area contributed by atoms with E-state index in [2.05, 4.69) is 10.2 Å². The summed E-state index contributed by atoms with van der Waals surface area (Å²) in [6.45, 7) is 7.67. The fourth-order valence-corrected chi connectivity index (χ4v) is 1.95. The van der Waals surface area contributed by atoms with Crippen LogP contribution >= 0.6 is 0 Å². The van der Waals surface area contributed by atoms with Crippen molar-refractivity contribution in [3.8, 4) is 0 Å². The van der Waals surface area contributed by atoms with E-state index in [1.807, 2.05) is 13.8 Å². The van der Waals surface area contributed by atoms with E-state index in [-0.39, 0.29) is 18.1 Å². The summed E-state index contributed by atoms with van der Waals surface area (Å²) in [4.78, 5) is 13.6. The van der Waals surface area contributed by atoms with Crippen LogP contribution in [0.3, 0.4) is 0 Å². The van der Waals surface area contributed by atoms with Gasteiger partial charge in [-0.1, -0.05) is 0 Å². The molecule has 0 aromatic heterocycles. The Labute approximate surface area is 97.3 Å². The maximum Gasteiger partial charge on any atom is 0.237 e. The quantitative estimate of drug-likeness (QED) is 0.648. The maximum atomic E-state index is 11.4. The zero-order valence-electron chi connectivity index (χ0n) is 10.2. The zero-order chi connectivity index (χ0) is 12.0. The van der Waals surface area contributed by atoms with Crippen molar-refractivity contribution in [1.29, 1.82) is 0 Å². The van der Waals surface area contributed by atoms with Gasteiger partial charge in [0, 0.05) is 32.8 Å². The van der Waals surface area contributed by atoms with Gasteiger partial charge in [-0.25, -0.2) is 0 Å². The second-order valence-electron chi connectivity index (χ2n) is 4.10. The van der Waals surface area contributed by atoms with Crippen molar-refractivity contribution in [2.75, 3.05) is 32.8 Å². The van der Waals surface area contributed by atoms with Crippen molar-refractivity contribution >= 4 is 5.91 Å². The summed E-state index contributed by atoms with van der Waals surface area (Å²) in [5, 5.41) is 2.85. The van der Waals surface area contributed by atoms with Crippen LogP contribution in [-0.2, 0) is 9.53 Å². The molecular formula is C11H23N3O2. The summed E-state index contributed by atoms with van der Waals surface area (Å²) < 4.78 is 5.49. The molecule has 1 saturated heterocycles. The third kappa shape index (κ3) is 3.73. The molecule has 1 heterocycles. The zero-order valence-corrected chi connectivity index (χ0v) is 10.2. The molecule has 2 unspecified atom stereocenters. The summed E-state index contributed by atoms with van der Waals surface area (Å²) in [5.74, 6) is 0.118. The minimum Gasteiger partial charge on any atom is -0.377 e. The first-order chi connectivity index (χ1) is 7.69. The van der Waals surface area contributed by atoms with Crippen LogP contribution in [0.1, 0.15) is 20.3 Å². The van der Waals surface area contributed by atoms with E-state index in [9.17, 15) is 4.79 Å². The van der Waals surface area contributed by atoms with Crippen molar-refractivity contribution in [3.05, 3.63) is 0 Å². The van der Waals surface area contributed by atoms with Gasteiger partial charge in [0.15, 0.2) is 0 Å². The van der Waals surface area contributed by atoms with Crippen LogP contribution in [0, 0.1) is 0 Å². The van der Waals surface area contributed by atoms with Gasteiger partial charge in [-0.3, -0.25) is 9.69 Å². The van der Waals surface area contributed by atoms with Crippen molar-refractivity contribution in [2.45, 2.75) is 32.4 Å². The molecule has 1 fully saturated rings. The number of ether oxygens (including phenoxy) is 1. The molecule has 0 spiro atoms. The Balaban J connectivity index is 2.32. The predicted octanol–water partition coefficient (Wildman–Crippen LogP) is -0.439. The van der Waals surface area contributed by atoms with E-state index in [1.54, 1.807) is 0 Å². The van der Waals surface area contributed by atoms with Crippen molar-refractivity contribution in [1.82, 2.24) is 10.2 Å². The van der Waals surface area contributed by atoms with E-state index in [0.717, 1.165) is 26.1 Å². The van der Waals surface area contributed by atoms with Gasteiger partial charge in [-0.15, -0.1) is 0 Å². The molecule has 0 bridgehead atoms. The number of piperazine rings is 1. The fourth-order valence-electron chi connectivity index (χ4n) is 1.95. The van der Waals surface area contributed by atoms with E-state index < -0.39 is 0 Å². The van der Waals surface area contributed by atoms with Crippen LogP contribution in [0.25, 0.3) is 0 Å². The number of hydrogen-bond acceptors (Lipinski definition) is 4. The monoisotopic (exact) mass is 229 g/mol. The van der Waals surface area contributed by atoms with Crippen molar-refractivity contribution < 1.29 is 9.53 Å². The first kappa shape index (κ1) is 13.4. The lowest BCUT2D eigenvalue weighted by Crippen LogP contribution is -2.54. The van der Waals surface area contributed by atoms with Crippen LogP contribution in [0.2, 0.25) is 0 Å². The number of nitrogens with zero attached hydrogens (tertiary/aromatic N) is 1. The summed E-state index contributed by atoms with van der Waals surface area (Å²) in [7, 11) is 0. The molecule has 0 aromatic carbocycles. The Kier molecular flexibility index (Phi) is 5.73. The number of nitrogens with two attached hydrogens (primary N) is 1. The molecule has 1 rings (SSSR count). The number of rotatable bonds is 6. The number of carbonyl (C=O) groups excluding carboxylic acids is 1. The Morgan fingerprint density at radius 1 is 1.69 bits per heavy atom. The molecule has 94 valence electrons. The summed E-state index contributed by atoms with van der Waals surface area (Å²) in [6, 6.07) is -0.0335. The van der Waals surface area contributed by atoms with Gasteiger partial charge in [0.25, 0.3) is 0 Å². The van der Waals surface area contributed by atoms with Gasteiger partial charge < -0.3 is 15.8 Å². The Morgan fingerprint density at radius 3 is 3.06 bits per heavy atom. The fraction of sp³-hybridized carbons (Fsp3) is 0.909. The normalized spacial score (nSPS) is 24.2. The van der Waals surface area contributed by atoms with Crippen LogP contribution in [-0.4, -0.2) is 55.7 Å². The van der Waals surface area contributed by atoms with E-state index in [4.69, 9.17) is 10.5 Å². The highest BCUT2D eigenvalue weighted by atomic mass is 16.5. The summed E-state index contributed by atoms with van der Waals surface area (Å²) in [6.07, 6.45) is 1.00. The second kappa shape index (κ2) is 6.83. The molecule has 5 heteroatoms. The lowest BCUT2D eigenvalue weighted by molar-refractivity contribution is -0.128. The summed E-state index contributed by atoms with van der Waals surface area (Å²) in [5.41, 5.74) is 5.61. The van der Waals surface area contributed by atoms with Gasteiger partial charge in [0.2, 0.25) is 5.91 Å². The van der Waals surface area contributed by atoms with Gasteiger partial charge in [0.05, 0.1) is 12.1 Å². The molecule has 16 heavy (non-hydrogen) atoms. The highest BCUT2D eigenvalue weighted by molar-refractivity contribution is 5.81. The van der Waals surface area contributed by atoms with E-state index >= 15 is 0 Å². The molecule has 0 radical (unpaired) electrons. The minimum atomic E-state index is -0.0335. The molecule has 0 aromatic rings. The van der Waals surface area contributed by atoms with Gasteiger partial charge in [-0.2, -0.15) is 0 Å². The molecule has 3 N–H and O–H groups in total. The largest absolute Gasteiger partial charge is 0.377 e.